The van der Waals surface area contributed by atoms with Crippen molar-refractivity contribution in [3.05, 3.63) is 16.4 Å². The number of nitrogens with two attached hydrogens (primary N) is 1. The predicted molar refractivity (Wildman–Crippen MR) is 46.1 cm³/mol. The average molecular weight is 248 g/mol. The lowest BCUT2D eigenvalue weighted by atomic mass is 10.4. The molecule has 1 aromatic rings. The lowest BCUT2D eigenvalue weighted by Gasteiger charge is -1.92. The van der Waals surface area contributed by atoms with E-state index in [-0.39, 0.29) is 12.2 Å². The van der Waals surface area contributed by atoms with Crippen LogP contribution in [0.4, 0.5) is 0 Å². The molecule has 0 aliphatic heterocycles. The van der Waals surface area contributed by atoms with Crippen LogP contribution in [0.2, 0.25) is 0 Å². The van der Waals surface area contributed by atoms with Crippen LogP contribution in [0.1, 0.15) is 10.5 Å². The Bertz CT molecular complexity index is 360. The smallest absolute Gasteiger partial charge is 0.325 e. The lowest BCUT2D eigenvalue weighted by molar-refractivity contribution is -0.137. The molecule has 0 bridgehead atoms. The van der Waals surface area contributed by atoms with Crippen LogP contribution < -0.4 is 5.73 Å². The number of nitrogens with zero attached hydrogens (tertiary/aromatic N) is 2. The summed E-state index contributed by atoms with van der Waals surface area (Å²) in [6, 6.07) is 0. The van der Waals surface area contributed by atoms with Crippen LogP contribution in [0.5, 0.6) is 0 Å². The van der Waals surface area contributed by atoms with Crippen molar-refractivity contribution in [3.8, 4) is 0 Å². The van der Waals surface area contributed by atoms with Gasteiger partial charge in [-0.1, -0.05) is 0 Å². The zero-order valence-electron chi connectivity index (χ0n) is 6.40. The van der Waals surface area contributed by atoms with E-state index in [2.05, 4.69) is 21.0 Å². The Morgan fingerprint density at radius 2 is 2.31 bits per heavy atom. The van der Waals surface area contributed by atoms with Crippen molar-refractivity contribution in [2.45, 2.75) is 6.54 Å². The molecule has 13 heavy (non-hydrogen) atoms. The van der Waals surface area contributed by atoms with Crippen LogP contribution in [0.3, 0.4) is 0 Å². The first kappa shape index (κ1) is 9.72. The summed E-state index contributed by atoms with van der Waals surface area (Å²) in [6.45, 7) is -0.300. The van der Waals surface area contributed by atoms with Crippen molar-refractivity contribution >= 4 is 27.8 Å². The number of carboxylic acids is 1. The third-order valence-corrected chi connectivity index (χ3v) is 1.83. The second kappa shape index (κ2) is 3.56. The molecular formula is C6H6BrN3O3. The van der Waals surface area contributed by atoms with E-state index in [1.54, 1.807) is 0 Å². The van der Waals surface area contributed by atoms with Crippen LogP contribution in [0.25, 0.3) is 0 Å². The molecule has 1 amide bonds. The van der Waals surface area contributed by atoms with Crippen molar-refractivity contribution in [2.24, 2.45) is 5.73 Å². The van der Waals surface area contributed by atoms with Gasteiger partial charge in [-0.3, -0.25) is 14.3 Å². The van der Waals surface area contributed by atoms with Gasteiger partial charge in [0.1, 0.15) is 6.54 Å². The first-order chi connectivity index (χ1) is 6.00. The van der Waals surface area contributed by atoms with Crippen molar-refractivity contribution in [1.82, 2.24) is 9.78 Å². The standard InChI is InChI=1S/C6H6BrN3O3/c7-3-1-10(2-4(11)12)9-5(3)6(8)13/h1H,2H2,(H2,8,13)(H,11,12). The van der Waals surface area contributed by atoms with Gasteiger partial charge in [-0.05, 0) is 15.9 Å². The quantitative estimate of drug-likeness (QED) is 0.775. The first-order valence-corrected chi connectivity index (χ1v) is 4.04. The number of hydrogen-bond acceptors (Lipinski definition) is 3. The molecule has 0 aromatic carbocycles. The van der Waals surface area contributed by atoms with Gasteiger partial charge >= 0.3 is 5.97 Å². The summed E-state index contributed by atoms with van der Waals surface area (Å²) in [5.41, 5.74) is 5.00. The van der Waals surface area contributed by atoms with Gasteiger partial charge in [0.15, 0.2) is 5.69 Å². The molecule has 0 aliphatic rings. The Morgan fingerprint density at radius 3 is 2.69 bits per heavy atom. The zero-order valence-corrected chi connectivity index (χ0v) is 7.98. The number of primary amides is 1. The Morgan fingerprint density at radius 1 is 1.69 bits per heavy atom. The summed E-state index contributed by atoms with van der Waals surface area (Å²) in [6.07, 6.45) is 1.38. The van der Waals surface area contributed by atoms with Gasteiger partial charge in [0.05, 0.1) is 4.47 Å². The Hall–Kier alpha value is -1.37. The van der Waals surface area contributed by atoms with Crippen LogP contribution in [-0.2, 0) is 11.3 Å². The molecule has 3 N–H and O–H groups in total. The number of hydrogen-bond donors (Lipinski definition) is 2. The highest BCUT2D eigenvalue weighted by molar-refractivity contribution is 9.10. The Kier molecular flexibility index (Phi) is 2.66. The molecule has 0 saturated heterocycles. The molecule has 0 unspecified atom stereocenters. The third kappa shape index (κ3) is 2.28. The number of carboxylic acid groups (broad SMARTS) is 1. The fraction of sp³-hybridized carbons (Fsp3) is 0.167. The van der Waals surface area contributed by atoms with Gasteiger partial charge < -0.3 is 10.8 Å². The van der Waals surface area contributed by atoms with Crippen molar-refractivity contribution < 1.29 is 14.7 Å². The monoisotopic (exact) mass is 247 g/mol. The second-order valence-corrected chi connectivity index (χ2v) is 3.14. The summed E-state index contributed by atoms with van der Waals surface area (Å²) < 4.78 is 1.51. The molecule has 0 aliphatic carbocycles. The highest BCUT2D eigenvalue weighted by atomic mass is 79.9. The Labute approximate surface area is 81.5 Å². The van der Waals surface area contributed by atoms with Crippen molar-refractivity contribution in [3.63, 3.8) is 0 Å². The number of carbonyl (C=O) groups excluding carboxylic acids is 1. The number of amides is 1. The van der Waals surface area contributed by atoms with E-state index >= 15 is 0 Å². The largest absolute Gasteiger partial charge is 0.480 e. The average Bonchev–Trinajstić information content (AvgIpc) is 2.29. The van der Waals surface area contributed by atoms with E-state index in [4.69, 9.17) is 10.8 Å². The van der Waals surface area contributed by atoms with Crippen LogP contribution >= 0.6 is 15.9 Å². The molecule has 0 spiro atoms. The van der Waals surface area contributed by atoms with Gasteiger partial charge in [0.2, 0.25) is 0 Å². The van der Waals surface area contributed by atoms with Crippen molar-refractivity contribution in [2.75, 3.05) is 0 Å². The minimum absolute atomic E-state index is 0.0289. The van der Waals surface area contributed by atoms with Gasteiger partial charge in [-0.25, -0.2) is 0 Å². The highest BCUT2D eigenvalue weighted by Crippen LogP contribution is 2.13. The predicted octanol–water partition coefficient (Wildman–Crippen LogP) is -0.171. The minimum Gasteiger partial charge on any atom is -0.480 e. The first-order valence-electron chi connectivity index (χ1n) is 3.25. The van der Waals surface area contributed by atoms with E-state index in [1.165, 1.54) is 6.20 Å². The maximum absolute atomic E-state index is 10.7. The SMILES string of the molecule is NC(=O)c1nn(CC(=O)O)cc1Br. The maximum Gasteiger partial charge on any atom is 0.325 e. The molecule has 6 nitrogen and oxygen atoms in total. The third-order valence-electron chi connectivity index (χ3n) is 1.25. The van der Waals surface area contributed by atoms with E-state index in [1.807, 2.05) is 0 Å². The van der Waals surface area contributed by atoms with E-state index in [9.17, 15) is 9.59 Å². The second-order valence-electron chi connectivity index (χ2n) is 2.28. The normalized spacial score (nSPS) is 9.92. The number of halogens is 1. The van der Waals surface area contributed by atoms with Gasteiger partial charge in [0.25, 0.3) is 5.91 Å². The Balaban J connectivity index is 2.95. The van der Waals surface area contributed by atoms with E-state index in [0.717, 1.165) is 4.68 Å². The fourth-order valence-corrected chi connectivity index (χ4v) is 1.29. The minimum atomic E-state index is -1.04. The summed E-state index contributed by atoms with van der Waals surface area (Å²) in [5, 5.41) is 12.1. The fourth-order valence-electron chi connectivity index (χ4n) is 0.784. The lowest BCUT2D eigenvalue weighted by Crippen LogP contribution is -2.14. The molecule has 0 saturated carbocycles. The number of carbonyl (C=O) groups is 2. The van der Waals surface area contributed by atoms with Crippen LogP contribution in [0.15, 0.2) is 10.7 Å². The molecule has 7 heteroatoms. The summed E-state index contributed by atoms with van der Waals surface area (Å²) in [5.74, 6) is -1.73. The van der Waals surface area contributed by atoms with Gasteiger partial charge in [-0.2, -0.15) is 5.10 Å². The van der Waals surface area contributed by atoms with E-state index in [0.29, 0.717) is 4.47 Å². The highest BCUT2D eigenvalue weighted by Gasteiger charge is 2.12. The molecule has 70 valence electrons. The summed E-state index contributed by atoms with van der Waals surface area (Å²) >= 11 is 3.03. The molecule has 1 aromatic heterocycles. The molecule has 0 fully saturated rings. The van der Waals surface area contributed by atoms with Gasteiger partial charge in [0, 0.05) is 6.20 Å². The van der Waals surface area contributed by atoms with Crippen LogP contribution in [-0.4, -0.2) is 26.8 Å². The number of rotatable bonds is 3. The molecular weight excluding hydrogens is 242 g/mol. The molecule has 1 rings (SSSR count). The van der Waals surface area contributed by atoms with Crippen molar-refractivity contribution in [1.29, 1.82) is 0 Å². The number of aliphatic carboxylic acids is 1. The summed E-state index contributed by atoms with van der Waals surface area (Å²) in [4.78, 5) is 21.0. The molecule has 0 atom stereocenters. The number of aromatic nitrogens is 2. The van der Waals surface area contributed by atoms with Crippen LogP contribution in [0, 0.1) is 0 Å². The molecule has 0 radical (unpaired) electrons. The zero-order chi connectivity index (χ0) is 10.0. The topological polar surface area (TPSA) is 98.2 Å². The van der Waals surface area contributed by atoms with E-state index < -0.39 is 11.9 Å². The van der Waals surface area contributed by atoms with Gasteiger partial charge in [-0.15, -0.1) is 0 Å². The maximum atomic E-state index is 10.7. The molecule has 1 heterocycles. The summed E-state index contributed by atoms with van der Waals surface area (Å²) in [7, 11) is 0.